The van der Waals surface area contributed by atoms with Crippen LogP contribution >= 0.6 is 0 Å². The van der Waals surface area contributed by atoms with E-state index in [2.05, 4.69) is 54.6 Å². The molecule has 0 spiro atoms. The predicted octanol–water partition coefficient (Wildman–Crippen LogP) is 6.03. The van der Waals surface area contributed by atoms with Crippen molar-refractivity contribution in [2.75, 3.05) is 26.4 Å². The quantitative estimate of drug-likeness (QED) is 0.356. The fourth-order valence-electron chi connectivity index (χ4n) is 4.04. The van der Waals surface area contributed by atoms with Crippen LogP contribution in [0.3, 0.4) is 0 Å². The summed E-state index contributed by atoms with van der Waals surface area (Å²) >= 11 is 0. The molecule has 1 aliphatic rings. The molecule has 1 saturated heterocycles. The molecule has 1 aliphatic heterocycles. The number of likely N-dealkylation sites (tertiary alicyclic amines) is 1. The van der Waals surface area contributed by atoms with Gasteiger partial charge in [0.15, 0.2) is 8.32 Å². The van der Waals surface area contributed by atoms with Crippen LogP contribution < -0.4 is 4.74 Å². The third-order valence-corrected chi connectivity index (χ3v) is 11.7. The van der Waals surface area contributed by atoms with Gasteiger partial charge in [-0.25, -0.2) is 4.79 Å². The van der Waals surface area contributed by atoms with Crippen molar-refractivity contribution < 1.29 is 23.8 Å². The average Bonchev–Trinajstić information content (AvgIpc) is 3.03. The molecule has 32 heavy (non-hydrogen) atoms. The molecule has 182 valence electrons. The van der Waals surface area contributed by atoms with Gasteiger partial charge in [0, 0.05) is 26.0 Å². The molecule has 1 N–H and O–H groups in total. The molecule has 1 aromatic carbocycles. The van der Waals surface area contributed by atoms with Crippen LogP contribution in [0.5, 0.6) is 5.75 Å². The number of hydrogen-bond acceptors (Lipinski definition) is 4. The average molecular weight is 466 g/mol. The lowest BCUT2D eigenvalue weighted by atomic mass is 9.72. The van der Waals surface area contributed by atoms with Gasteiger partial charge in [0.05, 0.1) is 24.9 Å². The lowest BCUT2D eigenvalue weighted by Crippen LogP contribution is -2.58. The normalized spacial score (nSPS) is 22.2. The molecule has 1 fully saturated rings. The zero-order chi connectivity index (χ0) is 24.2. The van der Waals surface area contributed by atoms with Crippen LogP contribution in [0.15, 0.2) is 30.3 Å². The first-order valence-electron chi connectivity index (χ1n) is 11.6. The maximum Gasteiger partial charge on any atom is 0.407 e. The van der Waals surface area contributed by atoms with Crippen LogP contribution in [0.1, 0.15) is 54.4 Å². The predicted molar refractivity (Wildman–Crippen MR) is 131 cm³/mol. The molecule has 1 amide bonds. The zero-order valence-electron chi connectivity index (χ0n) is 21.2. The summed E-state index contributed by atoms with van der Waals surface area (Å²) < 4.78 is 18.5. The van der Waals surface area contributed by atoms with Crippen LogP contribution in [0.4, 0.5) is 4.79 Å². The van der Waals surface area contributed by atoms with E-state index >= 15 is 0 Å². The van der Waals surface area contributed by atoms with Crippen molar-refractivity contribution in [2.24, 2.45) is 5.41 Å². The second-order valence-corrected chi connectivity index (χ2v) is 16.2. The van der Waals surface area contributed by atoms with Gasteiger partial charge in [-0.1, -0.05) is 59.7 Å². The Bertz CT molecular complexity index is 741. The minimum absolute atomic E-state index is 0.0727. The summed E-state index contributed by atoms with van der Waals surface area (Å²) in [4.78, 5) is 13.8. The van der Waals surface area contributed by atoms with Crippen LogP contribution in [0, 0.1) is 5.41 Å². The third kappa shape index (κ3) is 6.26. The Labute approximate surface area is 195 Å². The van der Waals surface area contributed by atoms with Crippen molar-refractivity contribution in [3.63, 3.8) is 0 Å². The molecule has 2 atom stereocenters. The Morgan fingerprint density at radius 1 is 1.12 bits per heavy atom. The van der Waals surface area contributed by atoms with Crippen LogP contribution in [-0.2, 0) is 9.16 Å². The monoisotopic (exact) mass is 465 g/mol. The summed E-state index contributed by atoms with van der Waals surface area (Å²) in [6.07, 6.45) is 0.371. The highest BCUT2D eigenvalue weighted by molar-refractivity contribution is 6.74. The van der Waals surface area contributed by atoms with Gasteiger partial charge < -0.3 is 19.0 Å². The number of benzene rings is 1. The summed E-state index contributed by atoms with van der Waals surface area (Å²) in [5.74, 6) is 0.845. The SMILES string of the molecule is CC(C)(C)[C@@]1(COCCCOc2ccccc2)C[C@H](O[Si](C)(C)C(C)(C)C)CN1C(=O)O. The van der Waals surface area contributed by atoms with E-state index in [0.717, 1.165) is 12.2 Å². The molecule has 0 bridgehead atoms. The summed E-state index contributed by atoms with van der Waals surface area (Å²) in [7, 11) is -2.01. The molecule has 0 radical (unpaired) electrons. The second kappa shape index (κ2) is 10.1. The Balaban J connectivity index is 2.03. The molecule has 7 heteroatoms. The van der Waals surface area contributed by atoms with E-state index in [0.29, 0.717) is 32.8 Å². The van der Waals surface area contributed by atoms with E-state index in [4.69, 9.17) is 13.9 Å². The highest BCUT2D eigenvalue weighted by Gasteiger charge is 2.56. The maximum absolute atomic E-state index is 12.3. The van der Waals surface area contributed by atoms with Crippen molar-refractivity contribution in [3.8, 4) is 5.75 Å². The zero-order valence-corrected chi connectivity index (χ0v) is 22.2. The molecule has 6 nitrogen and oxygen atoms in total. The fraction of sp³-hybridized carbons (Fsp3) is 0.720. The van der Waals surface area contributed by atoms with Gasteiger partial charge in [-0.2, -0.15) is 0 Å². The minimum atomic E-state index is -2.01. The highest BCUT2D eigenvalue weighted by atomic mass is 28.4. The third-order valence-electron chi connectivity index (χ3n) is 7.15. The number of carbonyl (C=O) groups is 1. The van der Waals surface area contributed by atoms with Crippen molar-refractivity contribution in [2.45, 2.75) is 84.2 Å². The van der Waals surface area contributed by atoms with Gasteiger partial charge in [-0.15, -0.1) is 0 Å². The fourth-order valence-corrected chi connectivity index (χ4v) is 5.38. The number of amides is 1. The molecule has 1 heterocycles. The Morgan fingerprint density at radius 3 is 2.28 bits per heavy atom. The number of hydrogen-bond donors (Lipinski definition) is 1. The molecular weight excluding hydrogens is 422 g/mol. The standard InChI is InChI=1S/C25H43NO5Si/c1-23(2,3)25(19-29-15-12-16-30-20-13-10-9-11-14-20)17-21(18-26(25)22(27)28)31-32(7,8)24(4,5)6/h9-11,13-14,21H,12,15-19H2,1-8H3,(H,27,28)/t21-,25-/m0/s1. The Hall–Kier alpha value is -1.57. The summed E-state index contributed by atoms with van der Waals surface area (Å²) in [6, 6.07) is 9.71. The maximum atomic E-state index is 12.3. The summed E-state index contributed by atoms with van der Waals surface area (Å²) in [6.45, 7) is 19.2. The molecule has 2 rings (SSSR count). The lowest BCUT2D eigenvalue weighted by Gasteiger charge is -2.46. The number of ether oxygens (including phenoxy) is 2. The molecule has 0 aromatic heterocycles. The van der Waals surface area contributed by atoms with E-state index in [1.165, 1.54) is 0 Å². The number of rotatable bonds is 9. The number of carboxylic acid groups (broad SMARTS) is 1. The van der Waals surface area contributed by atoms with Crippen LogP contribution in [-0.4, -0.2) is 62.4 Å². The van der Waals surface area contributed by atoms with E-state index in [1.807, 2.05) is 30.3 Å². The van der Waals surface area contributed by atoms with Crippen molar-refractivity contribution in [1.82, 2.24) is 4.90 Å². The molecule has 0 aliphatic carbocycles. The first-order chi connectivity index (χ1) is 14.7. The lowest BCUT2D eigenvalue weighted by molar-refractivity contribution is -0.0423. The number of para-hydroxylation sites is 1. The van der Waals surface area contributed by atoms with E-state index in [-0.39, 0.29) is 16.6 Å². The summed E-state index contributed by atoms with van der Waals surface area (Å²) in [5.41, 5.74) is -0.927. The van der Waals surface area contributed by atoms with Gasteiger partial charge in [0.25, 0.3) is 0 Å². The van der Waals surface area contributed by atoms with Gasteiger partial charge in [0.2, 0.25) is 0 Å². The molecule has 0 unspecified atom stereocenters. The van der Waals surface area contributed by atoms with Crippen molar-refractivity contribution >= 4 is 14.4 Å². The first kappa shape index (κ1) is 26.7. The van der Waals surface area contributed by atoms with E-state index in [9.17, 15) is 9.90 Å². The topological polar surface area (TPSA) is 68.2 Å². The van der Waals surface area contributed by atoms with Gasteiger partial charge in [-0.3, -0.25) is 4.90 Å². The van der Waals surface area contributed by atoms with Gasteiger partial charge >= 0.3 is 6.09 Å². The van der Waals surface area contributed by atoms with Crippen molar-refractivity contribution in [1.29, 1.82) is 0 Å². The van der Waals surface area contributed by atoms with Gasteiger partial charge in [0.1, 0.15) is 5.75 Å². The van der Waals surface area contributed by atoms with E-state index < -0.39 is 19.9 Å². The smallest absolute Gasteiger partial charge is 0.407 e. The van der Waals surface area contributed by atoms with E-state index in [1.54, 1.807) is 4.90 Å². The minimum Gasteiger partial charge on any atom is -0.494 e. The number of nitrogens with zero attached hydrogens (tertiary/aromatic N) is 1. The summed E-state index contributed by atoms with van der Waals surface area (Å²) in [5, 5.41) is 10.1. The van der Waals surface area contributed by atoms with Gasteiger partial charge in [-0.05, 0) is 35.7 Å². The second-order valence-electron chi connectivity index (χ2n) is 11.4. The van der Waals surface area contributed by atoms with Crippen LogP contribution in [0.25, 0.3) is 0 Å². The van der Waals surface area contributed by atoms with Crippen molar-refractivity contribution in [3.05, 3.63) is 30.3 Å². The molecule has 1 aromatic rings. The molecular formula is C25H43NO5Si. The largest absolute Gasteiger partial charge is 0.494 e. The Morgan fingerprint density at radius 2 is 1.75 bits per heavy atom. The van der Waals surface area contributed by atoms with Crippen LogP contribution in [0.2, 0.25) is 18.1 Å². The first-order valence-corrected chi connectivity index (χ1v) is 14.5. The Kier molecular flexibility index (Phi) is 8.45. The molecule has 0 saturated carbocycles. The highest BCUT2D eigenvalue weighted by Crippen LogP contribution is 2.47.